The average Bonchev–Trinajstić information content (AvgIpc) is 2.52. The van der Waals surface area contributed by atoms with Gasteiger partial charge in [0, 0.05) is 20.1 Å². The van der Waals surface area contributed by atoms with Crippen LogP contribution in [-0.2, 0) is 4.79 Å². The molecular weight excluding hydrogens is 336 g/mol. The SMILES string of the molecule is [2H]C([2H])([2H])C1=C[C@@H](c2c(OC)cc(Br)cc2OC)[C@H](C(=O)O)CC1. The Morgan fingerprint density at radius 1 is 1.38 bits per heavy atom. The van der Waals surface area contributed by atoms with Crippen LogP contribution in [0, 0.1) is 5.92 Å². The van der Waals surface area contributed by atoms with Gasteiger partial charge in [0.1, 0.15) is 11.5 Å². The molecule has 21 heavy (non-hydrogen) atoms. The number of halogens is 1. The summed E-state index contributed by atoms with van der Waals surface area (Å²) in [5.41, 5.74) is 0.828. The maximum atomic E-state index is 11.7. The van der Waals surface area contributed by atoms with Gasteiger partial charge in [-0.3, -0.25) is 4.79 Å². The van der Waals surface area contributed by atoms with E-state index in [9.17, 15) is 9.90 Å². The number of ether oxygens (including phenoxy) is 2. The molecule has 2 rings (SSSR count). The molecule has 0 fully saturated rings. The van der Waals surface area contributed by atoms with Crippen molar-refractivity contribution in [2.75, 3.05) is 14.2 Å². The summed E-state index contributed by atoms with van der Waals surface area (Å²) in [5.74, 6) is -1.42. The van der Waals surface area contributed by atoms with Crippen LogP contribution < -0.4 is 9.47 Å². The van der Waals surface area contributed by atoms with Crippen LogP contribution in [0.25, 0.3) is 0 Å². The van der Waals surface area contributed by atoms with Crippen LogP contribution in [-0.4, -0.2) is 25.3 Å². The molecule has 0 amide bonds. The molecule has 1 aliphatic carbocycles. The Labute approximate surface area is 137 Å². The minimum atomic E-state index is -2.24. The lowest BCUT2D eigenvalue weighted by Crippen LogP contribution is -2.24. The van der Waals surface area contributed by atoms with E-state index in [0.717, 1.165) is 4.47 Å². The first kappa shape index (κ1) is 12.1. The molecule has 114 valence electrons. The van der Waals surface area contributed by atoms with Crippen LogP contribution >= 0.6 is 15.9 Å². The standard InChI is InChI=1S/C16H19BrO4/c1-9-4-5-11(16(18)19)12(6-9)15-13(20-2)7-10(17)8-14(15)21-3/h6-8,11-12H,4-5H2,1-3H3,(H,18,19)/t11-,12-/m1/s1/i1D3. The Hall–Kier alpha value is -1.49. The molecule has 1 aromatic rings. The highest BCUT2D eigenvalue weighted by Gasteiger charge is 2.34. The summed E-state index contributed by atoms with van der Waals surface area (Å²) in [7, 11) is 2.97. The topological polar surface area (TPSA) is 55.8 Å². The zero-order chi connectivity index (χ0) is 18.1. The second kappa shape index (κ2) is 6.52. The molecule has 1 aliphatic rings. The highest BCUT2D eigenvalue weighted by Crippen LogP contribution is 2.45. The highest BCUT2D eigenvalue weighted by atomic mass is 79.9. The third-order valence-corrected chi connectivity index (χ3v) is 4.16. The van der Waals surface area contributed by atoms with Gasteiger partial charge >= 0.3 is 5.97 Å². The average molecular weight is 358 g/mol. The second-order valence-electron chi connectivity index (χ2n) is 4.93. The largest absolute Gasteiger partial charge is 0.496 e. The maximum absolute atomic E-state index is 11.7. The predicted octanol–water partition coefficient (Wildman–Crippen LogP) is 3.99. The van der Waals surface area contributed by atoms with Gasteiger partial charge in [0.05, 0.1) is 20.1 Å². The molecule has 0 saturated carbocycles. The van der Waals surface area contributed by atoms with Gasteiger partial charge in [0.2, 0.25) is 0 Å². The van der Waals surface area contributed by atoms with E-state index in [4.69, 9.17) is 13.6 Å². The van der Waals surface area contributed by atoms with E-state index in [1.807, 2.05) is 0 Å². The Bertz CT molecular complexity index is 645. The van der Waals surface area contributed by atoms with Gasteiger partial charge in [-0.15, -0.1) is 0 Å². The van der Waals surface area contributed by atoms with E-state index in [1.54, 1.807) is 18.2 Å². The lowest BCUT2D eigenvalue weighted by atomic mass is 9.76. The fourth-order valence-electron chi connectivity index (χ4n) is 2.70. The summed E-state index contributed by atoms with van der Waals surface area (Å²) in [6, 6.07) is 3.43. The first-order valence-corrected chi connectivity index (χ1v) is 7.33. The zero-order valence-corrected chi connectivity index (χ0v) is 13.4. The summed E-state index contributed by atoms with van der Waals surface area (Å²) in [4.78, 5) is 11.7. The van der Waals surface area contributed by atoms with Crippen molar-refractivity contribution in [3.63, 3.8) is 0 Å². The fraction of sp³-hybridized carbons (Fsp3) is 0.438. The minimum Gasteiger partial charge on any atom is -0.496 e. The minimum absolute atomic E-state index is 0.241. The molecule has 0 spiro atoms. The summed E-state index contributed by atoms with van der Waals surface area (Å²) in [6.45, 7) is -2.24. The van der Waals surface area contributed by atoms with Crippen molar-refractivity contribution in [2.24, 2.45) is 5.92 Å². The molecule has 0 heterocycles. The Balaban J connectivity index is 2.66. The third kappa shape index (κ3) is 3.23. The van der Waals surface area contributed by atoms with Crippen molar-refractivity contribution in [3.05, 3.63) is 33.8 Å². The van der Waals surface area contributed by atoms with Gasteiger partial charge < -0.3 is 14.6 Å². The van der Waals surface area contributed by atoms with E-state index in [1.165, 1.54) is 14.2 Å². The molecule has 2 atom stereocenters. The Morgan fingerprint density at radius 2 is 2.00 bits per heavy atom. The predicted molar refractivity (Wildman–Crippen MR) is 84.1 cm³/mol. The molecule has 1 N–H and O–H groups in total. The van der Waals surface area contributed by atoms with Crippen molar-refractivity contribution in [1.82, 2.24) is 0 Å². The number of hydrogen-bond donors (Lipinski definition) is 1. The number of allylic oxidation sites excluding steroid dienone is 2. The maximum Gasteiger partial charge on any atom is 0.307 e. The summed E-state index contributed by atoms with van der Waals surface area (Å²) < 4.78 is 34.4. The molecule has 1 aromatic carbocycles. The number of rotatable bonds is 4. The number of carbonyl (C=O) groups is 1. The van der Waals surface area contributed by atoms with E-state index >= 15 is 0 Å². The molecule has 0 aliphatic heterocycles. The fourth-order valence-corrected chi connectivity index (χ4v) is 3.12. The number of carboxylic acids is 1. The Morgan fingerprint density at radius 3 is 2.48 bits per heavy atom. The first-order valence-electron chi connectivity index (χ1n) is 8.04. The molecule has 0 bridgehead atoms. The zero-order valence-electron chi connectivity index (χ0n) is 14.9. The summed E-state index contributed by atoms with van der Waals surface area (Å²) in [6.07, 6.45) is 2.04. The number of hydrogen-bond acceptors (Lipinski definition) is 3. The summed E-state index contributed by atoms with van der Waals surface area (Å²) in [5, 5.41) is 9.58. The van der Waals surface area contributed by atoms with E-state index in [-0.39, 0.29) is 18.4 Å². The van der Waals surface area contributed by atoms with E-state index < -0.39 is 24.7 Å². The number of benzene rings is 1. The van der Waals surface area contributed by atoms with E-state index in [0.29, 0.717) is 17.1 Å². The van der Waals surface area contributed by atoms with Crippen LogP contribution in [0.3, 0.4) is 0 Å². The smallest absolute Gasteiger partial charge is 0.307 e. The van der Waals surface area contributed by atoms with Gasteiger partial charge in [0.15, 0.2) is 0 Å². The molecule has 0 saturated heterocycles. The normalized spacial score (nSPS) is 24.3. The van der Waals surface area contributed by atoms with Crippen LogP contribution in [0.4, 0.5) is 0 Å². The molecule has 4 nitrogen and oxygen atoms in total. The Kier molecular flexibility index (Phi) is 3.75. The quantitative estimate of drug-likeness (QED) is 0.827. The van der Waals surface area contributed by atoms with Gasteiger partial charge in [-0.05, 0) is 31.8 Å². The van der Waals surface area contributed by atoms with Crippen LogP contribution in [0.1, 0.15) is 35.3 Å². The molecule has 0 unspecified atom stereocenters. The number of carboxylic acid groups (broad SMARTS) is 1. The van der Waals surface area contributed by atoms with Crippen LogP contribution in [0.15, 0.2) is 28.3 Å². The van der Waals surface area contributed by atoms with Crippen molar-refractivity contribution in [3.8, 4) is 11.5 Å². The summed E-state index contributed by atoms with van der Waals surface area (Å²) >= 11 is 3.36. The van der Waals surface area contributed by atoms with Crippen molar-refractivity contribution < 1.29 is 23.5 Å². The van der Waals surface area contributed by atoms with Crippen molar-refractivity contribution in [2.45, 2.75) is 25.6 Å². The van der Waals surface area contributed by atoms with Gasteiger partial charge in [-0.25, -0.2) is 0 Å². The highest BCUT2D eigenvalue weighted by molar-refractivity contribution is 9.10. The lowest BCUT2D eigenvalue weighted by Gasteiger charge is -2.29. The third-order valence-electron chi connectivity index (χ3n) is 3.70. The number of methoxy groups -OCH3 is 2. The van der Waals surface area contributed by atoms with Crippen LogP contribution in [0.5, 0.6) is 11.5 Å². The van der Waals surface area contributed by atoms with Crippen molar-refractivity contribution in [1.29, 1.82) is 0 Å². The van der Waals surface area contributed by atoms with E-state index in [2.05, 4.69) is 15.9 Å². The monoisotopic (exact) mass is 357 g/mol. The van der Waals surface area contributed by atoms with Crippen LogP contribution in [0.2, 0.25) is 0 Å². The van der Waals surface area contributed by atoms with Gasteiger partial charge in [-0.1, -0.05) is 27.6 Å². The molecule has 5 heteroatoms. The second-order valence-corrected chi connectivity index (χ2v) is 5.84. The van der Waals surface area contributed by atoms with Crippen molar-refractivity contribution >= 4 is 21.9 Å². The first-order chi connectivity index (χ1) is 11.2. The number of aliphatic carboxylic acids is 1. The molecule has 0 radical (unpaired) electrons. The molecule has 0 aromatic heterocycles. The molecular formula is C16H19BrO4. The van der Waals surface area contributed by atoms with Gasteiger partial charge in [-0.2, -0.15) is 0 Å². The van der Waals surface area contributed by atoms with Gasteiger partial charge in [0.25, 0.3) is 0 Å². The lowest BCUT2D eigenvalue weighted by molar-refractivity contribution is -0.142.